The first-order chi connectivity index (χ1) is 68.9. The molecule has 716 valence electrons. The quantitative estimate of drug-likeness (QED) is 0.110. The highest BCUT2D eigenvalue weighted by Gasteiger charge is 2.49. The Balaban J connectivity index is 0.000000101. The maximum absolute atomic E-state index is 12.9. The van der Waals surface area contributed by atoms with Gasteiger partial charge in [-0.15, -0.1) is 0 Å². The Kier molecular flexibility index (Phi) is 25.0. The lowest BCUT2D eigenvalue weighted by molar-refractivity contribution is -0.121. The van der Waals surface area contributed by atoms with E-state index in [1.54, 1.807) is 195 Å². The zero-order valence-corrected chi connectivity index (χ0v) is 79.4. The summed E-state index contributed by atoms with van der Waals surface area (Å²) in [5, 5.41) is 0. The van der Waals surface area contributed by atoms with Crippen LogP contribution in [0.4, 0.5) is 69.0 Å². The number of hydrogen-bond donors (Lipinski definition) is 0. The number of nitrogens with zero attached hydrogens (tertiary/aromatic N) is 35. The number of benzene rings is 1. The van der Waals surface area contributed by atoms with Crippen LogP contribution in [0.2, 0.25) is 0 Å². The first kappa shape index (κ1) is 90.9. The highest BCUT2D eigenvalue weighted by molar-refractivity contribution is 6.09. The SMILES string of the molecule is CC[C@@H]1C(=O)N(C)c2cnc(-c3ccncc3-c3ccccc3)nc2N1C1CC1.CC[C@@H]1C(=O)N(C)c2cnc(-n3ccnc3-c3cnccn3)nc2N1C1CC1.CN1C(=O)[C@H]2CCCCN2c2nc(-c3ccncc3)ncc21.CN1C(=O)[C@H]2CCCCN2c2nc(-n3ccnc3)ncc21.CN1C(=O)[C@H]2CCCN2c2nc(-c3ccncc3)ncc21.CN1C(=O)[C@H]2CCCN2c2nc(-n3ccnc3)ncc21. The smallest absolute Gasteiger partial charge is 0.249 e. The van der Waals surface area contributed by atoms with Crippen molar-refractivity contribution in [3.63, 3.8) is 0 Å². The third-order valence-electron chi connectivity index (χ3n) is 27.9. The van der Waals surface area contributed by atoms with Crippen LogP contribution >= 0.6 is 0 Å². The van der Waals surface area contributed by atoms with Crippen LogP contribution in [-0.2, 0) is 28.8 Å². The van der Waals surface area contributed by atoms with Gasteiger partial charge in [0, 0.05) is 190 Å². The highest BCUT2D eigenvalue weighted by Crippen LogP contribution is 2.48. The van der Waals surface area contributed by atoms with Gasteiger partial charge in [0.05, 0.1) is 43.4 Å². The Morgan fingerprint density at radius 2 is 0.688 bits per heavy atom. The van der Waals surface area contributed by atoms with E-state index in [0.29, 0.717) is 58.9 Å². The predicted octanol–water partition coefficient (Wildman–Crippen LogP) is 10.7. The summed E-state index contributed by atoms with van der Waals surface area (Å²) in [6.07, 6.45) is 55.7. The van der Waals surface area contributed by atoms with Gasteiger partial charge in [-0.05, 0) is 139 Å². The minimum absolute atomic E-state index is 0.0670. The van der Waals surface area contributed by atoms with E-state index in [9.17, 15) is 28.8 Å². The minimum atomic E-state index is -0.185. The Bertz CT molecular complexity index is 6980. The zero-order chi connectivity index (χ0) is 96.8. The third kappa shape index (κ3) is 17.3. The molecule has 0 N–H and O–H groups in total. The lowest BCUT2D eigenvalue weighted by atomic mass is 9.98. The van der Waals surface area contributed by atoms with Crippen LogP contribution in [0, 0.1) is 0 Å². The van der Waals surface area contributed by atoms with Crippen molar-refractivity contribution >= 4 is 104 Å². The van der Waals surface area contributed by atoms with E-state index >= 15 is 0 Å². The molecule has 1 aromatic carbocycles. The summed E-state index contributed by atoms with van der Waals surface area (Å²) < 4.78 is 5.34. The molecule has 0 radical (unpaired) electrons. The van der Waals surface area contributed by atoms with Gasteiger partial charge in [0.2, 0.25) is 53.3 Å². The van der Waals surface area contributed by atoms with Gasteiger partial charge in [-0.25, -0.2) is 64.8 Å². The van der Waals surface area contributed by atoms with Crippen molar-refractivity contribution in [2.45, 2.75) is 165 Å². The molecule has 6 atom stereocenters. The van der Waals surface area contributed by atoms with Gasteiger partial charge in [0.1, 0.15) is 88.7 Å². The Hall–Kier alpha value is -16.5. The standard InChI is InChI=1S/C23H23N5O.C19H20N8O.C16H17N5O.C15H15N5O.C14H16N6O.C13H14N6O/c1-3-19-23(29)27(2)20-14-25-21(26-22(20)28(19)16-9-10-16)17-11-12-24-13-18(17)15-7-5-4-6-8-15;1-3-14-18(28)25(2)15-11-23-19(24-17(15)27(14)12-4-5-12)26-9-8-22-16(26)13-10-20-6-7-21-13;1-20-13-10-18-14(11-5-7-17-8-6-11)19-15(13)21-9-3-2-4-12(21)16(20)22;1-19-12-9-17-13(10-4-6-16-7-5-10)18-14(12)20-8-2-3-11(20)15(19)21;1-18-11-8-16-14(19-7-5-15-9-19)17-12(11)20-6-3-2-4-10(20)13(18)21;1-17-10-7-15-13(18-6-4-14-8-18)16-11(10)19-5-2-3-9(19)12(17)20/h4-8,11-14,16,19H,3,9-10H2,1-2H3;6-12,14H,3-5H2,1-2H3;5-8,10,12H,2-4,9H2,1H3;4-7,9,11H,2-3,8H2,1H3;5,7-10H,2-4,6H2,1H3;4,6-9H,2-3,5H2,1H3/t19-;14-;12-;11-;10-;9-/m111111/s1. The molecule has 26 rings (SSSR count). The number of pyridine rings is 3. The van der Waals surface area contributed by atoms with Gasteiger partial charge >= 0.3 is 0 Å². The molecule has 141 heavy (non-hydrogen) atoms. The number of imidazole rings is 3. The van der Waals surface area contributed by atoms with E-state index in [4.69, 9.17) is 19.9 Å². The predicted molar refractivity (Wildman–Crippen MR) is 530 cm³/mol. The molecular weight excluding hydrogens is 1790 g/mol. The van der Waals surface area contributed by atoms with Gasteiger partial charge in [-0.3, -0.25) is 62.4 Å². The van der Waals surface area contributed by atoms with Crippen molar-refractivity contribution in [2.24, 2.45) is 0 Å². The number of carbonyl (C=O) groups excluding carboxylic acids is 6. The average molecular weight is 1890 g/mol. The molecule has 0 spiro atoms. The van der Waals surface area contributed by atoms with E-state index in [0.717, 1.165) is 226 Å². The molecule has 12 aliphatic rings. The summed E-state index contributed by atoms with van der Waals surface area (Å²) in [5.41, 5.74) is 10.2. The van der Waals surface area contributed by atoms with Gasteiger partial charge in [-0.1, -0.05) is 44.2 Å². The summed E-state index contributed by atoms with van der Waals surface area (Å²) in [7, 11) is 10.8. The van der Waals surface area contributed by atoms with Crippen molar-refractivity contribution in [3.8, 4) is 74.7 Å². The summed E-state index contributed by atoms with van der Waals surface area (Å²) >= 11 is 0. The second-order valence-electron chi connectivity index (χ2n) is 36.4. The van der Waals surface area contributed by atoms with Crippen LogP contribution in [0.3, 0.4) is 0 Å². The topological polar surface area (TPSA) is 414 Å². The van der Waals surface area contributed by atoms with E-state index in [1.165, 1.54) is 0 Å². The first-order valence-corrected chi connectivity index (χ1v) is 48.0. The van der Waals surface area contributed by atoms with Crippen molar-refractivity contribution in [1.82, 2.24) is 113 Å². The van der Waals surface area contributed by atoms with Crippen molar-refractivity contribution in [2.75, 3.05) is 127 Å². The number of fused-ring (bicyclic) bond motifs is 14. The summed E-state index contributed by atoms with van der Waals surface area (Å²) in [6.45, 7) is 7.61. The largest absolute Gasteiger partial charge is 0.343 e. The number of rotatable bonds is 12. The summed E-state index contributed by atoms with van der Waals surface area (Å²) in [4.78, 5) is 187. The van der Waals surface area contributed by atoms with Gasteiger partial charge < -0.3 is 58.8 Å². The summed E-state index contributed by atoms with van der Waals surface area (Å²) in [5.74, 6) is 10.2. The zero-order valence-electron chi connectivity index (χ0n) is 79.4. The summed E-state index contributed by atoms with van der Waals surface area (Å²) in [6, 6.07) is 19.8. The van der Waals surface area contributed by atoms with Crippen molar-refractivity contribution < 1.29 is 28.8 Å². The van der Waals surface area contributed by atoms with Gasteiger partial charge in [0.25, 0.3) is 0 Å². The molecular formula is C100H105N35O6. The van der Waals surface area contributed by atoms with Crippen molar-refractivity contribution in [1.29, 1.82) is 0 Å². The maximum atomic E-state index is 12.9. The number of hydrogen-bond acceptors (Lipinski definition) is 32. The molecule has 4 saturated heterocycles. The molecule has 13 aromatic heterocycles. The molecule has 6 amide bonds. The second-order valence-corrected chi connectivity index (χ2v) is 36.4. The van der Waals surface area contributed by atoms with Crippen molar-refractivity contribution in [3.05, 3.63) is 203 Å². The minimum Gasteiger partial charge on any atom is -0.343 e. The highest BCUT2D eigenvalue weighted by atomic mass is 16.2. The van der Waals surface area contributed by atoms with Crippen LogP contribution in [-0.4, -0.2) is 266 Å². The molecule has 41 nitrogen and oxygen atoms in total. The molecule has 14 aromatic rings. The van der Waals surface area contributed by atoms with Crippen LogP contribution in [0.15, 0.2) is 203 Å². The van der Waals surface area contributed by atoms with Gasteiger partial charge in [-0.2, -0.15) is 15.0 Å². The molecule has 41 heteroatoms. The number of carbonyl (C=O) groups is 6. The van der Waals surface area contributed by atoms with E-state index < -0.39 is 0 Å². The fourth-order valence-electron chi connectivity index (χ4n) is 20.2. The first-order valence-electron chi connectivity index (χ1n) is 48.0. The van der Waals surface area contributed by atoms with Crippen LogP contribution in [0.5, 0.6) is 0 Å². The van der Waals surface area contributed by atoms with E-state index in [2.05, 4.69) is 128 Å². The number of piperidine rings is 2. The average Bonchev–Trinajstić information content (AvgIpc) is 1.66. The van der Waals surface area contributed by atoms with E-state index in [1.807, 2.05) is 88.1 Å². The lowest BCUT2D eigenvalue weighted by Gasteiger charge is -2.43. The Labute approximate surface area is 812 Å². The lowest BCUT2D eigenvalue weighted by Crippen LogP contribution is -2.54. The molecule has 0 bridgehead atoms. The Morgan fingerprint density at radius 3 is 1.13 bits per heavy atom. The molecule has 2 aliphatic carbocycles. The Morgan fingerprint density at radius 1 is 0.298 bits per heavy atom. The molecule has 10 aliphatic heterocycles. The third-order valence-corrected chi connectivity index (χ3v) is 27.9. The second kappa shape index (κ2) is 38.8. The van der Waals surface area contributed by atoms with Crippen LogP contribution in [0.1, 0.15) is 117 Å². The van der Waals surface area contributed by atoms with Crippen LogP contribution < -0.4 is 58.8 Å². The molecule has 2 saturated carbocycles. The number of amides is 6. The fraction of sp³-hybridized carbons (Fsp3) is 0.360. The normalized spacial score (nSPS) is 20.0. The number of likely N-dealkylation sites (N-methyl/N-ethyl adjacent to an activating group) is 6. The monoisotopic (exact) mass is 1890 g/mol. The van der Waals surface area contributed by atoms with Crippen LogP contribution in [0.25, 0.3) is 74.7 Å². The van der Waals surface area contributed by atoms with Gasteiger partial charge in [0.15, 0.2) is 58.2 Å². The number of aromatic nitrogens is 23. The fourth-order valence-corrected chi connectivity index (χ4v) is 20.2. The maximum Gasteiger partial charge on any atom is 0.249 e. The van der Waals surface area contributed by atoms with E-state index in [-0.39, 0.29) is 71.7 Å². The molecule has 0 unspecified atom stereocenters. The molecule has 23 heterocycles. The number of anilines is 12. The molecule has 6 fully saturated rings.